The molecule has 1 aromatic rings. The van der Waals surface area contributed by atoms with Crippen molar-refractivity contribution in [1.82, 2.24) is 0 Å². The molecule has 0 aliphatic heterocycles. The molecule has 0 radical (unpaired) electrons. The molecule has 1 aromatic carbocycles. The normalized spacial score (nSPS) is 7.63. The summed E-state index contributed by atoms with van der Waals surface area (Å²) >= 11 is 0. The molecule has 0 spiro atoms. The van der Waals surface area contributed by atoms with Crippen LogP contribution in [0.1, 0.15) is 59.9 Å². The molecule has 0 bridgehead atoms. The minimum atomic E-state index is 0.659. The zero-order valence-electron chi connectivity index (χ0n) is 14.4. The predicted molar refractivity (Wildman–Crippen MR) is 88.7 cm³/mol. The van der Waals surface area contributed by atoms with Crippen LogP contribution in [-0.4, -0.2) is 24.4 Å². The number of hydrogen-bond donors (Lipinski definition) is 2. The van der Waals surface area contributed by atoms with Gasteiger partial charge in [-0.15, -0.1) is 0 Å². The van der Waals surface area contributed by atoms with Crippen LogP contribution in [0.2, 0.25) is 0 Å². The van der Waals surface area contributed by atoms with Crippen LogP contribution in [0.25, 0.3) is 0 Å². The number of hydrogen-bond acceptors (Lipinski definition) is 2. The van der Waals surface area contributed by atoms with Gasteiger partial charge in [-0.1, -0.05) is 78.8 Å². The maximum absolute atomic E-state index is 7.00. The molecule has 0 saturated heterocycles. The number of aliphatic hydroxyl groups excluding tert-OH is 2. The molecule has 0 aliphatic carbocycles. The Morgan fingerprint density at radius 1 is 0.684 bits per heavy atom. The Morgan fingerprint density at radius 2 is 0.947 bits per heavy atom. The zero-order valence-corrected chi connectivity index (χ0v) is 14.4. The highest BCUT2D eigenvalue weighted by atomic mass is 16.2. The molecule has 0 saturated carbocycles. The van der Waals surface area contributed by atoms with Gasteiger partial charge in [0.1, 0.15) is 0 Å². The molecule has 2 nitrogen and oxygen atoms in total. The predicted octanol–water partition coefficient (Wildman–Crippen LogP) is 4.72. The third kappa shape index (κ3) is 31.7. The van der Waals surface area contributed by atoms with E-state index in [9.17, 15) is 0 Å². The average Bonchev–Trinajstić information content (AvgIpc) is 2.46. The van der Waals surface area contributed by atoms with Gasteiger partial charge in [-0.25, -0.2) is 0 Å². The lowest BCUT2D eigenvalue weighted by Gasteiger charge is -2.01. The van der Waals surface area contributed by atoms with Gasteiger partial charge < -0.3 is 10.2 Å². The molecule has 0 atom stereocenters. The van der Waals surface area contributed by atoms with Crippen LogP contribution < -0.4 is 0 Å². The first kappa shape index (κ1) is 26.7. The van der Waals surface area contributed by atoms with E-state index in [0.717, 1.165) is 20.1 Å². The third-order valence-corrected chi connectivity index (χ3v) is 1.47. The van der Waals surface area contributed by atoms with E-state index in [0.29, 0.717) is 5.92 Å². The summed E-state index contributed by atoms with van der Waals surface area (Å²) in [5.41, 5.74) is 1.41. The lowest BCUT2D eigenvalue weighted by Crippen LogP contribution is -1.83. The SMILES string of the molecule is CC.CC(C)C.CC(C)c1ccccc1.CO.CO. The average molecular weight is 272 g/mol. The summed E-state index contributed by atoms with van der Waals surface area (Å²) < 4.78 is 0. The first-order valence-electron chi connectivity index (χ1n) is 6.98. The van der Waals surface area contributed by atoms with Gasteiger partial charge in [-0.05, 0) is 17.4 Å². The summed E-state index contributed by atoms with van der Waals surface area (Å²) in [4.78, 5) is 0. The van der Waals surface area contributed by atoms with Crippen molar-refractivity contribution in [3.05, 3.63) is 35.9 Å². The first-order chi connectivity index (χ1) is 9.04. The fraction of sp³-hybridized carbons (Fsp3) is 0.647. The van der Waals surface area contributed by atoms with E-state index < -0.39 is 0 Å². The first-order valence-corrected chi connectivity index (χ1v) is 6.98. The van der Waals surface area contributed by atoms with Crippen molar-refractivity contribution in [3.63, 3.8) is 0 Å². The number of rotatable bonds is 1. The van der Waals surface area contributed by atoms with Crippen LogP contribution in [0, 0.1) is 5.92 Å². The fourth-order valence-corrected chi connectivity index (χ4v) is 0.838. The summed E-state index contributed by atoms with van der Waals surface area (Å²) in [7, 11) is 2.00. The van der Waals surface area contributed by atoms with Crippen molar-refractivity contribution in [3.8, 4) is 0 Å². The molecule has 19 heavy (non-hydrogen) atoms. The zero-order chi connectivity index (χ0) is 16.3. The molecule has 2 N–H and O–H groups in total. The van der Waals surface area contributed by atoms with Crippen LogP contribution in [0.5, 0.6) is 0 Å². The second-order valence-electron chi connectivity index (χ2n) is 4.30. The minimum Gasteiger partial charge on any atom is -0.400 e. The van der Waals surface area contributed by atoms with Crippen LogP contribution in [0.4, 0.5) is 0 Å². The van der Waals surface area contributed by atoms with Crippen molar-refractivity contribution >= 4 is 0 Å². The fourth-order valence-electron chi connectivity index (χ4n) is 0.838. The smallest absolute Gasteiger partial charge is 0.0319 e. The Morgan fingerprint density at radius 3 is 1.11 bits per heavy atom. The molecule has 2 heteroatoms. The topological polar surface area (TPSA) is 40.5 Å². The van der Waals surface area contributed by atoms with E-state index in [1.54, 1.807) is 0 Å². The van der Waals surface area contributed by atoms with Crippen molar-refractivity contribution in [2.75, 3.05) is 14.2 Å². The van der Waals surface area contributed by atoms with Gasteiger partial charge in [0.25, 0.3) is 0 Å². The van der Waals surface area contributed by atoms with Crippen LogP contribution in [-0.2, 0) is 0 Å². The largest absolute Gasteiger partial charge is 0.400 e. The van der Waals surface area contributed by atoms with Gasteiger partial charge >= 0.3 is 0 Å². The van der Waals surface area contributed by atoms with E-state index in [1.807, 2.05) is 19.9 Å². The summed E-state index contributed by atoms with van der Waals surface area (Å²) in [6.45, 7) is 14.9. The Labute approximate surface area is 121 Å². The molecule has 0 unspecified atom stereocenters. The van der Waals surface area contributed by atoms with Crippen LogP contribution >= 0.6 is 0 Å². The number of aliphatic hydroxyl groups is 2. The van der Waals surface area contributed by atoms with Gasteiger partial charge in [-0.2, -0.15) is 0 Å². The molecule has 0 heterocycles. The van der Waals surface area contributed by atoms with Crippen molar-refractivity contribution in [2.45, 2.75) is 54.4 Å². The summed E-state index contributed by atoms with van der Waals surface area (Å²) in [6.07, 6.45) is 0. The molecule has 0 aliphatic rings. The molecular weight excluding hydrogens is 236 g/mol. The summed E-state index contributed by atoms with van der Waals surface area (Å²) in [6, 6.07) is 10.5. The van der Waals surface area contributed by atoms with E-state index >= 15 is 0 Å². The molecular formula is C17H36O2. The Hall–Kier alpha value is -0.860. The molecule has 116 valence electrons. The lowest BCUT2D eigenvalue weighted by molar-refractivity contribution is 0.399. The highest BCUT2D eigenvalue weighted by Crippen LogP contribution is 2.11. The highest BCUT2D eigenvalue weighted by molar-refractivity contribution is 5.17. The molecule has 0 aromatic heterocycles. The van der Waals surface area contributed by atoms with Crippen molar-refractivity contribution < 1.29 is 10.2 Å². The standard InChI is InChI=1S/C9H12.C4H10.C2H6.2CH4O/c1-8(2)9-6-4-3-5-7-9;1-4(2)3;3*1-2/h3-8H,1-2H3;4H,1-3H3;1-2H3;2*2H,1H3. The highest BCUT2D eigenvalue weighted by Gasteiger charge is 1.93. The minimum absolute atomic E-state index is 0.659. The van der Waals surface area contributed by atoms with Gasteiger partial charge in [-0.3, -0.25) is 0 Å². The van der Waals surface area contributed by atoms with E-state index in [4.69, 9.17) is 10.2 Å². The van der Waals surface area contributed by atoms with E-state index in [1.165, 1.54) is 5.56 Å². The van der Waals surface area contributed by atoms with E-state index in [-0.39, 0.29) is 0 Å². The summed E-state index contributed by atoms with van der Waals surface area (Å²) in [5, 5.41) is 14.0. The van der Waals surface area contributed by atoms with Crippen molar-refractivity contribution in [1.29, 1.82) is 0 Å². The molecule has 0 amide bonds. The second kappa shape index (κ2) is 25.9. The quantitative estimate of drug-likeness (QED) is 0.777. The van der Waals surface area contributed by atoms with Gasteiger partial charge in [0.2, 0.25) is 0 Å². The van der Waals surface area contributed by atoms with Gasteiger partial charge in [0.05, 0.1) is 0 Å². The van der Waals surface area contributed by atoms with Crippen LogP contribution in [0.15, 0.2) is 30.3 Å². The van der Waals surface area contributed by atoms with Gasteiger partial charge in [0.15, 0.2) is 0 Å². The van der Waals surface area contributed by atoms with Crippen LogP contribution in [0.3, 0.4) is 0 Å². The number of benzene rings is 1. The maximum atomic E-state index is 7.00. The second-order valence-corrected chi connectivity index (χ2v) is 4.30. The monoisotopic (exact) mass is 272 g/mol. The Bertz CT molecular complexity index is 203. The van der Waals surface area contributed by atoms with Gasteiger partial charge in [0, 0.05) is 14.2 Å². The summed E-state index contributed by atoms with van der Waals surface area (Å²) in [5.74, 6) is 1.49. The third-order valence-electron chi connectivity index (χ3n) is 1.47. The maximum Gasteiger partial charge on any atom is 0.0319 e. The van der Waals surface area contributed by atoms with E-state index in [2.05, 4.69) is 58.9 Å². The Balaban J connectivity index is -0.0000000957. The Kier molecular flexibility index (Phi) is 36.3. The lowest BCUT2D eigenvalue weighted by atomic mass is 10.0. The molecule has 1 rings (SSSR count). The van der Waals surface area contributed by atoms with Crippen molar-refractivity contribution in [2.24, 2.45) is 5.92 Å². The molecule has 0 fully saturated rings.